The number of amides is 1. The van der Waals surface area contributed by atoms with Crippen LogP contribution in [0.3, 0.4) is 0 Å². The fourth-order valence-electron chi connectivity index (χ4n) is 2.14. The first-order chi connectivity index (χ1) is 10.6. The Hall–Kier alpha value is -2.47. The summed E-state index contributed by atoms with van der Waals surface area (Å²) in [6, 6.07) is 14.3. The number of hydrogen-bond acceptors (Lipinski definition) is 3. The van der Waals surface area contributed by atoms with Crippen LogP contribution in [0.4, 0.5) is 5.69 Å². The molecule has 0 saturated carbocycles. The van der Waals surface area contributed by atoms with Crippen LogP contribution in [0.25, 0.3) is 10.9 Å². The van der Waals surface area contributed by atoms with Gasteiger partial charge in [0.05, 0.1) is 17.2 Å². The Balaban J connectivity index is 1.82. The second kappa shape index (κ2) is 6.11. The lowest BCUT2D eigenvalue weighted by Gasteiger charge is -2.08. The van der Waals surface area contributed by atoms with Gasteiger partial charge in [-0.1, -0.05) is 34.1 Å². The largest absolute Gasteiger partial charge is 0.324 e. The van der Waals surface area contributed by atoms with Gasteiger partial charge in [0.2, 0.25) is 5.91 Å². The molecule has 3 rings (SSSR count). The molecule has 1 amide bonds. The molecule has 1 heterocycles. The fourth-order valence-corrected chi connectivity index (χ4v) is 2.54. The van der Waals surface area contributed by atoms with Crippen molar-refractivity contribution in [3.05, 3.63) is 69.7 Å². The molecule has 0 fully saturated rings. The number of carbonyl (C=O) groups is 1. The smallest absolute Gasteiger partial charge is 0.261 e. The van der Waals surface area contributed by atoms with E-state index in [1.807, 2.05) is 18.2 Å². The molecule has 0 unspecified atom stereocenters. The molecule has 0 spiro atoms. The van der Waals surface area contributed by atoms with Gasteiger partial charge in [-0.05, 0) is 30.3 Å². The number of para-hydroxylation sites is 1. The van der Waals surface area contributed by atoms with Crippen molar-refractivity contribution >= 4 is 38.4 Å². The second-order valence-electron chi connectivity index (χ2n) is 4.75. The highest BCUT2D eigenvalue weighted by Crippen LogP contribution is 2.15. The number of nitrogens with one attached hydrogen (secondary N) is 1. The van der Waals surface area contributed by atoms with Gasteiger partial charge in [-0.2, -0.15) is 0 Å². The minimum absolute atomic E-state index is 0.0802. The molecule has 1 N–H and O–H groups in total. The molecule has 0 radical (unpaired) electrons. The molecule has 6 heteroatoms. The number of halogens is 1. The number of hydrogen-bond donors (Lipinski definition) is 1. The summed E-state index contributed by atoms with van der Waals surface area (Å²) in [4.78, 5) is 28.6. The molecule has 0 bridgehead atoms. The van der Waals surface area contributed by atoms with Crippen LogP contribution in [0, 0.1) is 0 Å². The van der Waals surface area contributed by atoms with Crippen molar-refractivity contribution in [3.8, 4) is 0 Å². The minimum atomic E-state index is -0.280. The highest BCUT2D eigenvalue weighted by Gasteiger charge is 2.08. The lowest BCUT2D eigenvalue weighted by molar-refractivity contribution is -0.116. The van der Waals surface area contributed by atoms with Crippen molar-refractivity contribution in [3.63, 3.8) is 0 Å². The maximum absolute atomic E-state index is 12.3. The summed E-state index contributed by atoms with van der Waals surface area (Å²) in [6.07, 6.45) is 1.39. The predicted octanol–water partition coefficient (Wildman–Crippen LogP) is 2.80. The van der Waals surface area contributed by atoms with E-state index in [0.29, 0.717) is 16.6 Å². The third-order valence-electron chi connectivity index (χ3n) is 3.15. The molecule has 0 aliphatic rings. The van der Waals surface area contributed by atoms with Gasteiger partial charge in [0.15, 0.2) is 0 Å². The lowest BCUT2D eigenvalue weighted by atomic mass is 10.2. The van der Waals surface area contributed by atoms with Crippen molar-refractivity contribution in [2.75, 3.05) is 5.32 Å². The van der Waals surface area contributed by atoms with Gasteiger partial charge in [0, 0.05) is 10.2 Å². The first-order valence-corrected chi connectivity index (χ1v) is 7.42. The molecular weight excluding hydrogens is 346 g/mol. The van der Waals surface area contributed by atoms with Crippen LogP contribution in [-0.2, 0) is 11.3 Å². The molecule has 22 heavy (non-hydrogen) atoms. The number of benzene rings is 2. The van der Waals surface area contributed by atoms with E-state index in [-0.39, 0.29) is 18.0 Å². The van der Waals surface area contributed by atoms with Crippen molar-refractivity contribution in [2.24, 2.45) is 0 Å². The van der Waals surface area contributed by atoms with Crippen LogP contribution in [0.5, 0.6) is 0 Å². The van der Waals surface area contributed by atoms with E-state index in [1.54, 1.807) is 30.3 Å². The van der Waals surface area contributed by atoms with Gasteiger partial charge in [-0.3, -0.25) is 14.2 Å². The molecule has 5 nitrogen and oxygen atoms in total. The normalized spacial score (nSPS) is 10.6. The lowest BCUT2D eigenvalue weighted by Crippen LogP contribution is -2.27. The molecule has 3 aromatic rings. The quantitative estimate of drug-likeness (QED) is 0.783. The number of fused-ring (bicyclic) bond motifs is 1. The zero-order valence-electron chi connectivity index (χ0n) is 11.5. The topological polar surface area (TPSA) is 64.0 Å². The zero-order valence-corrected chi connectivity index (χ0v) is 13.1. The van der Waals surface area contributed by atoms with E-state index >= 15 is 0 Å². The molecule has 0 saturated heterocycles. The fraction of sp³-hybridized carbons (Fsp3) is 0.0625. The van der Waals surface area contributed by atoms with Gasteiger partial charge in [-0.15, -0.1) is 0 Å². The third kappa shape index (κ3) is 3.07. The number of nitrogens with zero attached hydrogens (tertiary/aromatic N) is 2. The molecule has 0 atom stereocenters. The highest BCUT2D eigenvalue weighted by molar-refractivity contribution is 9.10. The predicted molar refractivity (Wildman–Crippen MR) is 88.8 cm³/mol. The van der Waals surface area contributed by atoms with Crippen LogP contribution < -0.4 is 10.9 Å². The van der Waals surface area contributed by atoms with Gasteiger partial charge < -0.3 is 5.32 Å². The average Bonchev–Trinajstić information content (AvgIpc) is 2.50. The Kier molecular flexibility index (Phi) is 4.02. The Morgan fingerprint density at radius 1 is 1.18 bits per heavy atom. The van der Waals surface area contributed by atoms with E-state index in [0.717, 1.165) is 4.47 Å². The van der Waals surface area contributed by atoms with Gasteiger partial charge >= 0.3 is 0 Å². The summed E-state index contributed by atoms with van der Waals surface area (Å²) < 4.78 is 2.17. The van der Waals surface area contributed by atoms with Crippen LogP contribution >= 0.6 is 15.9 Å². The Labute approximate surface area is 134 Å². The average molecular weight is 358 g/mol. The number of aromatic nitrogens is 2. The van der Waals surface area contributed by atoms with Crippen LogP contribution in [0.2, 0.25) is 0 Å². The maximum Gasteiger partial charge on any atom is 0.261 e. The summed E-state index contributed by atoms with van der Waals surface area (Å²) >= 11 is 3.34. The summed E-state index contributed by atoms with van der Waals surface area (Å²) in [6.45, 7) is -0.0802. The first-order valence-electron chi connectivity index (χ1n) is 6.63. The van der Waals surface area contributed by atoms with Gasteiger partial charge in [-0.25, -0.2) is 4.98 Å². The highest BCUT2D eigenvalue weighted by atomic mass is 79.9. The Morgan fingerprint density at radius 3 is 2.82 bits per heavy atom. The molecule has 110 valence electrons. The molecule has 0 aliphatic heterocycles. The standard InChI is InChI=1S/C16H12BrN3O2/c17-11-4-3-5-12(8-11)19-15(21)9-20-10-18-14-7-2-1-6-13(14)16(20)22/h1-8,10H,9H2,(H,19,21). The van der Waals surface area contributed by atoms with Crippen molar-refractivity contribution < 1.29 is 4.79 Å². The van der Waals surface area contributed by atoms with Gasteiger partial charge in [0.25, 0.3) is 5.56 Å². The van der Waals surface area contributed by atoms with Crippen LogP contribution in [0.15, 0.2) is 64.1 Å². The van der Waals surface area contributed by atoms with Crippen molar-refractivity contribution in [2.45, 2.75) is 6.54 Å². The van der Waals surface area contributed by atoms with E-state index in [9.17, 15) is 9.59 Å². The number of rotatable bonds is 3. The van der Waals surface area contributed by atoms with Crippen LogP contribution in [-0.4, -0.2) is 15.5 Å². The van der Waals surface area contributed by atoms with Gasteiger partial charge in [0.1, 0.15) is 6.54 Å². The third-order valence-corrected chi connectivity index (χ3v) is 3.65. The first kappa shape index (κ1) is 14.5. The Bertz CT molecular complexity index is 905. The molecule has 0 aliphatic carbocycles. The number of carbonyl (C=O) groups excluding carboxylic acids is 1. The zero-order chi connectivity index (χ0) is 15.5. The minimum Gasteiger partial charge on any atom is -0.324 e. The number of anilines is 1. The SMILES string of the molecule is O=C(Cn1cnc2ccccc2c1=O)Nc1cccc(Br)c1. The maximum atomic E-state index is 12.3. The van der Waals surface area contributed by atoms with Crippen molar-refractivity contribution in [1.82, 2.24) is 9.55 Å². The Morgan fingerprint density at radius 2 is 2.00 bits per heavy atom. The molecule has 1 aromatic heterocycles. The van der Waals surface area contributed by atoms with E-state index in [2.05, 4.69) is 26.2 Å². The summed E-state index contributed by atoms with van der Waals surface area (Å²) in [5, 5.41) is 3.25. The van der Waals surface area contributed by atoms with E-state index < -0.39 is 0 Å². The molecule has 2 aromatic carbocycles. The van der Waals surface area contributed by atoms with E-state index in [4.69, 9.17) is 0 Å². The monoisotopic (exact) mass is 357 g/mol. The summed E-state index contributed by atoms with van der Waals surface area (Å²) in [7, 11) is 0. The summed E-state index contributed by atoms with van der Waals surface area (Å²) in [5.74, 6) is -0.280. The van der Waals surface area contributed by atoms with Crippen molar-refractivity contribution in [1.29, 1.82) is 0 Å². The van der Waals surface area contributed by atoms with E-state index in [1.165, 1.54) is 10.9 Å². The second-order valence-corrected chi connectivity index (χ2v) is 5.67. The summed E-state index contributed by atoms with van der Waals surface area (Å²) in [5.41, 5.74) is 1.06. The van der Waals surface area contributed by atoms with Crippen LogP contribution in [0.1, 0.15) is 0 Å². The molecular formula is C16H12BrN3O2.